The molecule has 0 aromatic heterocycles. The Morgan fingerprint density at radius 1 is 0.381 bits per heavy atom. The van der Waals surface area contributed by atoms with Gasteiger partial charge in [0.15, 0.2) is 0 Å². The number of hydrogen-bond acceptors (Lipinski definition) is 0. The predicted octanol–water partition coefficient (Wildman–Crippen LogP) is 4.55. The largest absolute Gasteiger partial charge is 0.0814 e. The molecular formula is C20H15B. The van der Waals surface area contributed by atoms with E-state index in [1.54, 1.807) is 0 Å². The predicted molar refractivity (Wildman–Crippen MR) is 97.6 cm³/mol. The normalized spacial score (nSPS) is 11.4. The summed E-state index contributed by atoms with van der Waals surface area (Å²) in [5, 5.41) is 10.9. The minimum atomic E-state index is 0. The molecule has 0 aliphatic heterocycles. The first-order chi connectivity index (χ1) is 9.93. The molecule has 0 spiro atoms. The average molecular weight is 266 g/mol. The van der Waals surface area contributed by atoms with Gasteiger partial charge in [0, 0.05) is 0 Å². The third kappa shape index (κ3) is 1.46. The van der Waals surface area contributed by atoms with E-state index < -0.39 is 0 Å². The smallest absolute Gasteiger partial charge is 0.0610 e. The minimum absolute atomic E-state index is 0. The van der Waals surface area contributed by atoms with E-state index in [0.717, 1.165) is 0 Å². The van der Waals surface area contributed by atoms with E-state index in [1.165, 1.54) is 43.1 Å². The Morgan fingerprint density at radius 2 is 0.667 bits per heavy atom. The van der Waals surface area contributed by atoms with Crippen molar-refractivity contribution >= 4 is 51.5 Å². The zero-order valence-corrected chi connectivity index (χ0v) is 10.9. The number of benzene rings is 5. The molecule has 0 fully saturated rings. The first-order valence-electron chi connectivity index (χ1n) is 6.98. The van der Waals surface area contributed by atoms with Crippen LogP contribution in [0.5, 0.6) is 0 Å². The van der Waals surface area contributed by atoms with Gasteiger partial charge in [-0.25, -0.2) is 0 Å². The van der Waals surface area contributed by atoms with Gasteiger partial charge in [-0.1, -0.05) is 72.8 Å². The molecule has 21 heavy (non-hydrogen) atoms. The van der Waals surface area contributed by atoms with Gasteiger partial charge in [0.1, 0.15) is 0 Å². The van der Waals surface area contributed by atoms with Crippen LogP contribution in [-0.4, -0.2) is 8.41 Å². The number of fused-ring (bicyclic) bond motifs is 2. The Hall–Kier alpha value is -2.54. The molecule has 0 aliphatic rings. The van der Waals surface area contributed by atoms with Crippen LogP contribution in [0.15, 0.2) is 72.8 Å². The molecule has 1 heteroatoms. The minimum Gasteiger partial charge on any atom is -0.0610 e. The van der Waals surface area contributed by atoms with Crippen LogP contribution in [0, 0.1) is 0 Å². The summed E-state index contributed by atoms with van der Waals surface area (Å²) in [5.41, 5.74) is 0. The molecule has 0 saturated heterocycles. The number of rotatable bonds is 0. The summed E-state index contributed by atoms with van der Waals surface area (Å²) in [6.45, 7) is 0. The fraction of sp³-hybridized carbons (Fsp3) is 0. The summed E-state index contributed by atoms with van der Waals surface area (Å²) in [5.74, 6) is 0. The Labute approximate surface area is 124 Å². The van der Waals surface area contributed by atoms with Gasteiger partial charge in [-0.3, -0.25) is 0 Å². The maximum Gasteiger partial charge on any atom is 0.0814 e. The summed E-state index contributed by atoms with van der Waals surface area (Å²) in [7, 11) is 0. The zero-order chi connectivity index (χ0) is 13.1. The van der Waals surface area contributed by atoms with Gasteiger partial charge >= 0.3 is 0 Å². The lowest BCUT2D eigenvalue weighted by molar-refractivity contribution is 1.78. The highest BCUT2D eigenvalue weighted by atomic mass is 14.1. The van der Waals surface area contributed by atoms with Crippen molar-refractivity contribution in [2.45, 2.75) is 0 Å². The van der Waals surface area contributed by atoms with Crippen molar-refractivity contribution in [1.29, 1.82) is 0 Å². The second kappa shape index (κ2) is 4.23. The van der Waals surface area contributed by atoms with Gasteiger partial charge in [0.25, 0.3) is 0 Å². The van der Waals surface area contributed by atoms with Gasteiger partial charge in [0.2, 0.25) is 0 Å². The molecule has 0 radical (unpaired) electrons. The first kappa shape index (κ1) is 12.2. The van der Waals surface area contributed by atoms with Crippen LogP contribution in [0.2, 0.25) is 0 Å². The molecule has 0 heterocycles. The Morgan fingerprint density at radius 3 is 0.952 bits per heavy atom. The highest BCUT2D eigenvalue weighted by molar-refractivity contribution is 6.32. The molecule has 0 amide bonds. The third-order valence-electron chi connectivity index (χ3n) is 4.39. The summed E-state index contributed by atoms with van der Waals surface area (Å²) in [6, 6.07) is 26.4. The highest BCUT2D eigenvalue weighted by Crippen LogP contribution is 2.39. The van der Waals surface area contributed by atoms with Gasteiger partial charge in [-0.2, -0.15) is 0 Å². The Bertz CT molecular complexity index is 923. The lowest BCUT2D eigenvalue weighted by Crippen LogP contribution is -1.85. The third-order valence-corrected chi connectivity index (χ3v) is 4.39. The molecule has 0 bridgehead atoms. The van der Waals surface area contributed by atoms with Crippen molar-refractivity contribution in [3.63, 3.8) is 0 Å². The van der Waals surface area contributed by atoms with Crippen LogP contribution in [-0.2, 0) is 0 Å². The molecule has 0 atom stereocenters. The van der Waals surface area contributed by atoms with Gasteiger partial charge < -0.3 is 0 Å². The van der Waals surface area contributed by atoms with E-state index >= 15 is 0 Å². The maximum absolute atomic E-state index is 2.25. The molecule has 5 aromatic carbocycles. The van der Waals surface area contributed by atoms with Crippen molar-refractivity contribution in [2.75, 3.05) is 0 Å². The average Bonchev–Trinajstić information content (AvgIpc) is 2.52. The molecule has 5 aromatic rings. The molecule has 98 valence electrons. The summed E-state index contributed by atoms with van der Waals surface area (Å²) >= 11 is 0. The fourth-order valence-corrected chi connectivity index (χ4v) is 3.58. The molecular weight excluding hydrogens is 251 g/mol. The molecule has 0 aliphatic carbocycles. The molecule has 0 saturated carbocycles. The maximum atomic E-state index is 2.25. The molecule has 5 rings (SSSR count). The lowest BCUT2D eigenvalue weighted by Gasteiger charge is -2.13. The quantitative estimate of drug-likeness (QED) is 0.219. The van der Waals surface area contributed by atoms with Crippen LogP contribution in [0.3, 0.4) is 0 Å². The first-order valence-corrected chi connectivity index (χ1v) is 6.98. The van der Waals surface area contributed by atoms with E-state index in [2.05, 4.69) is 72.8 Å². The second-order valence-corrected chi connectivity index (χ2v) is 5.42. The topological polar surface area (TPSA) is 0 Å². The standard InChI is InChI=1S/C20H12.BH3/c1-5-13-6-2-11-17-18-12-4-8-14-7-3-10-16(20(14)18)15(9-1)19(13)17;/h1-12H;1H3. The van der Waals surface area contributed by atoms with Crippen molar-refractivity contribution in [2.24, 2.45) is 0 Å². The molecule has 0 nitrogen and oxygen atoms in total. The van der Waals surface area contributed by atoms with Gasteiger partial charge in [-0.15, -0.1) is 0 Å². The highest BCUT2D eigenvalue weighted by Gasteiger charge is 2.11. The van der Waals surface area contributed by atoms with Gasteiger partial charge in [-0.05, 0) is 43.1 Å². The monoisotopic (exact) mass is 266 g/mol. The number of hydrogen-bond donors (Lipinski definition) is 0. The SMILES string of the molecule is B.c1cc2cccc3c4cccc5cccc(c(c1)c23)c54. The Kier molecular flexibility index (Phi) is 2.46. The Balaban J connectivity index is 0.00000115. The van der Waals surface area contributed by atoms with Crippen LogP contribution in [0.4, 0.5) is 0 Å². The van der Waals surface area contributed by atoms with Crippen molar-refractivity contribution < 1.29 is 0 Å². The van der Waals surface area contributed by atoms with Crippen LogP contribution >= 0.6 is 0 Å². The molecule has 0 N–H and O–H groups in total. The van der Waals surface area contributed by atoms with Crippen LogP contribution < -0.4 is 0 Å². The summed E-state index contributed by atoms with van der Waals surface area (Å²) in [6.07, 6.45) is 0. The summed E-state index contributed by atoms with van der Waals surface area (Å²) < 4.78 is 0. The van der Waals surface area contributed by atoms with Crippen LogP contribution in [0.1, 0.15) is 0 Å². The van der Waals surface area contributed by atoms with Crippen molar-refractivity contribution in [3.05, 3.63) is 72.8 Å². The van der Waals surface area contributed by atoms with Crippen molar-refractivity contribution in [3.8, 4) is 0 Å². The molecule has 0 unspecified atom stereocenters. The van der Waals surface area contributed by atoms with E-state index in [9.17, 15) is 0 Å². The fourth-order valence-electron chi connectivity index (χ4n) is 3.58. The zero-order valence-electron chi connectivity index (χ0n) is 10.9. The van der Waals surface area contributed by atoms with E-state index in [-0.39, 0.29) is 8.41 Å². The van der Waals surface area contributed by atoms with E-state index in [0.29, 0.717) is 0 Å². The second-order valence-electron chi connectivity index (χ2n) is 5.42. The van der Waals surface area contributed by atoms with Gasteiger partial charge in [0.05, 0.1) is 8.41 Å². The van der Waals surface area contributed by atoms with E-state index in [4.69, 9.17) is 0 Å². The van der Waals surface area contributed by atoms with Crippen LogP contribution in [0.25, 0.3) is 43.1 Å². The lowest BCUT2D eigenvalue weighted by atomic mass is 9.90. The van der Waals surface area contributed by atoms with E-state index in [1.807, 2.05) is 0 Å². The van der Waals surface area contributed by atoms with Crippen molar-refractivity contribution in [1.82, 2.24) is 0 Å². The summed E-state index contributed by atoms with van der Waals surface area (Å²) in [4.78, 5) is 0.